The quantitative estimate of drug-likeness (QED) is 0.563. The van der Waals surface area contributed by atoms with E-state index in [1.54, 1.807) is 0 Å². The Bertz CT molecular complexity index is 240. The summed E-state index contributed by atoms with van der Waals surface area (Å²) in [6.07, 6.45) is 6.21. The molecule has 0 fully saturated rings. The lowest BCUT2D eigenvalue weighted by Gasteiger charge is -2.16. The van der Waals surface area contributed by atoms with Crippen LogP contribution in [0.25, 0.3) is 0 Å². The Hall–Kier alpha value is -1.02. The van der Waals surface area contributed by atoms with Crippen LogP contribution in [0.1, 0.15) is 6.92 Å². The van der Waals surface area contributed by atoms with Gasteiger partial charge in [-0.15, -0.1) is 0 Å². The van der Waals surface area contributed by atoms with Crippen molar-refractivity contribution in [3.05, 3.63) is 36.1 Å². The third-order valence-electron chi connectivity index (χ3n) is 1.95. The highest BCUT2D eigenvalue weighted by molar-refractivity contribution is 5.24. The zero-order valence-corrected chi connectivity index (χ0v) is 8.42. The van der Waals surface area contributed by atoms with Crippen LogP contribution in [0.4, 0.5) is 0 Å². The molecule has 1 rings (SSSR count). The van der Waals surface area contributed by atoms with E-state index in [-0.39, 0.29) is 0 Å². The highest BCUT2D eigenvalue weighted by Crippen LogP contribution is 2.05. The van der Waals surface area contributed by atoms with Crippen LogP contribution in [-0.2, 0) is 4.74 Å². The molecule has 13 heavy (non-hydrogen) atoms. The van der Waals surface area contributed by atoms with E-state index in [1.165, 1.54) is 5.57 Å². The standard InChI is InChI=1S/C11H17NO/c1-10-5-4-6-12(3)7-8-13-11(2)9-10/h4-5,9H,2,6-8H2,1,3H3/b5-4-,10-9-. The Kier molecular flexibility index (Phi) is 3.77. The summed E-state index contributed by atoms with van der Waals surface area (Å²) in [6.45, 7) is 8.49. The smallest absolute Gasteiger partial charge is 0.112 e. The van der Waals surface area contributed by atoms with Gasteiger partial charge in [0.1, 0.15) is 12.4 Å². The summed E-state index contributed by atoms with van der Waals surface area (Å²) in [5, 5.41) is 0. The van der Waals surface area contributed by atoms with E-state index < -0.39 is 0 Å². The second-order valence-electron chi connectivity index (χ2n) is 3.37. The first-order chi connectivity index (χ1) is 6.18. The van der Waals surface area contributed by atoms with Crippen LogP contribution >= 0.6 is 0 Å². The average molecular weight is 179 g/mol. The molecule has 72 valence electrons. The maximum Gasteiger partial charge on any atom is 0.112 e. The van der Waals surface area contributed by atoms with Crippen molar-refractivity contribution in [1.82, 2.24) is 4.90 Å². The van der Waals surface area contributed by atoms with E-state index in [9.17, 15) is 0 Å². The summed E-state index contributed by atoms with van der Waals surface area (Å²) in [5.41, 5.74) is 1.18. The maximum atomic E-state index is 5.41. The molecule has 0 aromatic heterocycles. The van der Waals surface area contributed by atoms with Crippen LogP contribution in [0, 0.1) is 0 Å². The van der Waals surface area contributed by atoms with E-state index in [0.717, 1.165) is 18.8 Å². The van der Waals surface area contributed by atoms with Gasteiger partial charge >= 0.3 is 0 Å². The van der Waals surface area contributed by atoms with Gasteiger partial charge in [0.2, 0.25) is 0 Å². The van der Waals surface area contributed by atoms with Crippen LogP contribution < -0.4 is 0 Å². The van der Waals surface area contributed by atoms with Gasteiger partial charge in [0, 0.05) is 13.1 Å². The van der Waals surface area contributed by atoms with Crippen LogP contribution in [-0.4, -0.2) is 31.6 Å². The SMILES string of the molecule is C=C1/C=C(C)\C=C/CN(C)CCO1. The molecule has 0 aliphatic carbocycles. The Morgan fingerprint density at radius 1 is 1.54 bits per heavy atom. The Labute approximate surface area is 80.2 Å². The Balaban J connectivity index is 2.65. The zero-order chi connectivity index (χ0) is 9.68. The lowest BCUT2D eigenvalue weighted by Crippen LogP contribution is -2.23. The van der Waals surface area contributed by atoms with Gasteiger partial charge in [0.05, 0.1) is 0 Å². The summed E-state index contributed by atoms with van der Waals surface area (Å²) >= 11 is 0. The summed E-state index contributed by atoms with van der Waals surface area (Å²) in [4.78, 5) is 2.21. The summed E-state index contributed by atoms with van der Waals surface area (Å²) in [7, 11) is 2.08. The predicted molar refractivity (Wildman–Crippen MR) is 55.5 cm³/mol. The maximum absolute atomic E-state index is 5.41. The van der Waals surface area contributed by atoms with Gasteiger partial charge in [-0.1, -0.05) is 18.7 Å². The highest BCUT2D eigenvalue weighted by Gasteiger charge is 1.98. The fourth-order valence-corrected chi connectivity index (χ4v) is 1.19. The molecule has 1 aliphatic rings. The van der Waals surface area contributed by atoms with Gasteiger partial charge in [-0.25, -0.2) is 0 Å². The van der Waals surface area contributed by atoms with Gasteiger partial charge in [0.25, 0.3) is 0 Å². The monoisotopic (exact) mass is 179 g/mol. The molecule has 0 amide bonds. The summed E-state index contributed by atoms with van der Waals surface area (Å²) in [6, 6.07) is 0. The number of allylic oxidation sites excluding steroid dienone is 3. The topological polar surface area (TPSA) is 12.5 Å². The Morgan fingerprint density at radius 2 is 2.31 bits per heavy atom. The number of likely N-dealkylation sites (N-methyl/N-ethyl adjacent to an activating group) is 1. The second-order valence-corrected chi connectivity index (χ2v) is 3.37. The third-order valence-corrected chi connectivity index (χ3v) is 1.95. The molecule has 0 spiro atoms. The van der Waals surface area contributed by atoms with E-state index >= 15 is 0 Å². The predicted octanol–water partition coefficient (Wildman–Crippen LogP) is 1.96. The molecule has 0 N–H and O–H groups in total. The number of hydrogen-bond acceptors (Lipinski definition) is 2. The normalized spacial score (nSPS) is 27.2. The van der Waals surface area contributed by atoms with E-state index in [4.69, 9.17) is 4.74 Å². The highest BCUT2D eigenvalue weighted by atomic mass is 16.5. The molecular weight excluding hydrogens is 162 g/mol. The van der Waals surface area contributed by atoms with Crippen molar-refractivity contribution in [1.29, 1.82) is 0 Å². The fourth-order valence-electron chi connectivity index (χ4n) is 1.19. The number of rotatable bonds is 0. The van der Waals surface area contributed by atoms with E-state index in [0.29, 0.717) is 6.61 Å². The third kappa shape index (κ3) is 3.95. The fraction of sp³-hybridized carbons (Fsp3) is 0.455. The van der Waals surface area contributed by atoms with Gasteiger partial charge in [-0.3, -0.25) is 4.90 Å². The largest absolute Gasteiger partial charge is 0.493 e. The summed E-state index contributed by atoms with van der Waals surface area (Å²) in [5.74, 6) is 0.748. The summed E-state index contributed by atoms with van der Waals surface area (Å²) < 4.78 is 5.41. The zero-order valence-electron chi connectivity index (χ0n) is 8.42. The molecular formula is C11H17NO. The van der Waals surface area contributed by atoms with Crippen molar-refractivity contribution in [2.24, 2.45) is 0 Å². The van der Waals surface area contributed by atoms with Gasteiger partial charge in [-0.05, 0) is 25.6 Å². The minimum atomic E-state index is 0.715. The first-order valence-electron chi connectivity index (χ1n) is 4.53. The first kappa shape index (κ1) is 10.1. The Morgan fingerprint density at radius 3 is 3.08 bits per heavy atom. The van der Waals surface area contributed by atoms with Crippen LogP contribution in [0.3, 0.4) is 0 Å². The molecule has 0 bridgehead atoms. The molecule has 2 heteroatoms. The van der Waals surface area contributed by atoms with Crippen molar-refractivity contribution >= 4 is 0 Å². The molecule has 0 aromatic carbocycles. The first-order valence-corrected chi connectivity index (χ1v) is 4.53. The molecule has 0 aromatic rings. The van der Waals surface area contributed by atoms with Crippen LogP contribution in [0.5, 0.6) is 0 Å². The van der Waals surface area contributed by atoms with Crippen molar-refractivity contribution in [3.8, 4) is 0 Å². The van der Waals surface area contributed by atoms with Crippen LogP contribution in [0.15, 0.2) is 36.1 Å². The molecule has 0 unspecified atom stereocenters. The van der Waals surface area contributed by atoms with Gasteiger partial charge < -0.3 is 4.74 Å². The van der Waals surface area contributed by atoms with Gasteiger partial charge in [-0.2, -0.15) is 0 Å². The minimum absolute atomic E-state index is 0.715. The van der Waals surface area contributed by atoms with Gasteiger partial charge in [0.15, 0.2) is 0 Å². The van der Waals surface area contributed by atoms with Crippen LogP contribution in [0.2, 0.25) is 0 Å². The molecule has 1 aliphatic heterocycles. The lowest BCUT2D eigenvalue weighted by atomic mass is 10.2. The van der Waals surface area contributed by atoms with Crippen molar-refractivity contribution in [2.75, 3.05) is 26.7 Å². The van der Waals surface area contributed by atoms with E-state index in [1.807, 2.05) is 13.0 Å². The molecule has 0 saturated carbocycles. The number of ether oxygens (including phenoxy) is 1. The minimum Gasteiger partial charge on any atom is -0.493 e. The molecule has 2 nitrogen and oxygen atoms in total. The second kappa shape index (κ2) is 4.87. The van der Waals surface area contributed by atoms with Crippen molar-refractivity contribution in [2.45, 2.75) is 6.92 Å². The van der Waals surface area contributed by atoms with Crippen molar-refractivity contribution in [3.63, 3.8) is 0 Å². The molecule has 0 atom stereocenters. The average Bonchev–Trinajstić information content (AvgIpc) is 2.03. The molecule has 0 radical (unpaired) electrons. The van der Waals surface area contributed by atoms with E-state index in [2.05, 4.69) is 30.7 Å². The molecule has 1 heterocycles. The lowest BCUT2D eigenvalue weighted by molar-refractivity contribution is 0.187. The molecule has 0 saturated heterocycles. The number of nitrogens with zero attached hydrogens (tertiary/aromatic N) is 1. The number of hydrogen-bond donors (Lipinski definition) is 0. The van der Waals surface area contributed by atoms with Crippen molar-refractivity contribution < 1.29 is 4.74 Å².